The molecule has 208 valence electrons. The number of hydrazone groups is 1. The van der Waals surface area contributed by atoms with Crippen molar-refractivity contribution in [3.8, 4) is 11.4 Å². The average Bonchev–Trinajstić information content (AvgIpc) is 3.20. The zero-order valence-corrected chi connectivity index (χ0v) is 24.5. The molecule has 0 aliphatic heterocycles. The molecule has 0 spiro atoms. The van der Waals surface area contributed by atoms with Crippen LogP contribution >= 0.6 is 11.6 Å². The number of anilines is 1. The highest BCUT2D eigenvalue weighted by Crippen LogP contribution is 2.32. The summed E-state index contributed by atoms with van der Waals surface area (Å²) in [6.45, 7) is 7.35. The number of aryl methyl sites for hydroxylation is 3. The van der Waals surface area contributed by atoms with E-state index >= 15 is 0 Å². The molecular formula is C30H31ClN4O4S. The molecule has 1 N–H and O–H groups in total. The molecule has 0 aliphatic rings. The number of aromatic nitrogens is 1. The lowest BCUT2D eigenvalue weighted by Gasteiger charge is -2.24. The number of carbonyl (C=O) groups is 1. The molecule has 1 aromatic heterocycles. The maximum Gasteiger partial charge on any atom is 0.264 e. The number of carbonyl (C=O) groups excluding carboxylic acids is 1. The molecule has 0 aliphatic carbocycles. The molecule has 0 bridgehead atoms. The smallest absolute Gasteiger partial charge is 0.264 e. The van der Waals surface area contributed by atoms with Crippen molar-refractivity contribution < 1.29 is 17.9 Å². The summed E-state index contributed by atoms with van der Waals surface area (Å²) < 4.78 is 35.5. The second kappa shape index (κ2) is 12.0. The van der Waals surface area contributed by atoms with Crippen LogP contribution in [0.3, 0.4) is 0 Å². The molecule has 4 aromatic rings. The first-order valence-electron chi connectivity index (χ1n) is 12.5. The third-order valence-electron chi connectivity index (χ3n) is 6.47. The van der Waals surface area contributed by atoms with Gasteiger partial charge in [-0.3, -0.25) is 9.10 Å². The van der Waals surface area contributed by atoms with Crippen LogP contribution in [-0.2, 0) is 14.8 Å². The normalized spacial score (nSPS) is 11.6. The Morgan fingerprint density at radius 2 is 1.60 bits per heavy atom. The maximum absolute atomic E-state index is 13.6. The Balaban J connectivity index is 1.57. The van der Waals surface area contributed by atoms with E-state index in [2.05, 4.69) is 27.2 Å². The summed E-state index contributed by atoms with van der Waals surface area (Å²) in [4.78, 5) is 13.0. The number of nitrogens with one attached hydrogen (secondary N) is 1. The lowest BCUT2D eigenvalue weighted by Crippen LogP contribution is -2.39. The average molecular weight is 579 g/mol. The van der Waals surface area contributed by atoms with E-state index in [1.165, 1.54) is 36.9 Å². The van der Waals surface area contributed by atoms with E-state index in [-0.39, 0.29) is 15.6 Å². The van der Waals surface area contributed by atoms with Crippen molar-refractivity contribution in [3.63, 3.8) is 0 Å². The van der Waals surface area contributed by atoms with Crippen LogP contribution in [0, 0.1) is 27.7 Å². The van der Waals surface area contributed by atoms with Gasteiger partial charge in [0, 0.05) is 22.6 Å². The first-order chi connectivity index (χ1) is 19.0. The highest BCUT2D eigenvalue weighted by Gasteiger charge is 2.28. The van der Waals surface area contributed by atoms with Crippen LogP contribution in [0.2, 0.25) is 5.02 Å². The first kappa shape index (κ1) is 28.9. The van der Waals surface area contributed by atoms with E-state index in [9.17, 15) is 13.2 Å². The number of sulfonamides is 1. The molecule has 0 saturated heterocycles. The fourth-order valence-corrected chi connectivity index (χ4v) is 5.98. The monoisotopic (exact) mass is 578 g/mol. The molecule has 0 saturated carbocycles. The molecule has 4 rings (SSSR count). The standard InChI is InChI=1S/C30H31ClN4O4S/c1-20-6-10-25(11-7-20)35-22(3)16-24(23(35)4)18-32-33-30(36)19-34(26-12-15-29(39-5)28(31)17-26)40(37,38)27-13-8-21(2)9-14-27/h6-18H,19H2,1-5H3,(H,33,36)/b32-18-. The van der Waals surface area contributed by atoms with Crippen LogP contribution in [0.5, 0.6) is 5.75 Å². The van der Waals surface area contributed by atoms with E-state index < -0.39 is 22.5 Å². The number of amides is 1. The largest absolute Gasteiger partial charge is 0.495 e. The van der Waals surface area contributed by atoms with Gasteiger partial charge in [0.05, 0.1) is 28.9 Å². The Bertz CT molecular complexity index is 1660. The van der Waals surface area contributed by atoms with Gasteiger partial charge >= 0.3 is 0 Å². The number of methoxy groups -OCH3 is 1. The van der Waals surface area contributed by atoms with Crippen molar-refractivity contribution in [2.45, 2.75) is 32.6 Å². The molecule has 10 heteroatoms. The van der Waals surface area contributed by atoms with Crippen molar-refractivity contribution in [2.75, 3.05) is 18.0 Å². The highest BCUT2D eigenvalue weighted by atomic mass is 35.5. The van der Waals surface area contributed by atoms with Crippen LogP contribution in [0.1, 0.15) is 28.1 Å². The van der Waals surface area contributed by atoms with E-state index in [1.54, 1.807) is 24.4 Å². The molecule has 3 aromatic carbocycles. The fraction of sp³-hybridized carbons (Fsp3) is 0.200. The van der Waals surface area contributed by atoms with Crippen molar-refractivity contribution >= 4 is 39.4 Å². The Hall–Kier alpha value is -4.08. The van der Waals surface area contributed by atoms with E-state index in [1.807, 2.05) is 45.9 Å². The molecule has 1 amide bonds. The summed E-state index contributed by atoms with van der Waals surface area (Å²) >= 11 is 6.29. The molecule has 0 fully saturated rings. The van der Waals surface area contributed by atoms with Crippen molar-refractivity contribution in [1.29, 1.82) is 0 Å². The molecular weight excluding hydrogens is 548 g/mol. The Morgan fingerprint density at radius 3 is 2.20 bits per heavy atom. The number of hydrogen-bond acceptors (Lipinski definition) is 5. The zero-order chi connectivity index (χ0) is 29.0. The molecule has 1 heterocycles. The van der Waals surface area contributed by atoms with Crippen molar-refractivity contribution in [3.05, 3.63) is 106 Å². The molecule has 8 nitrogen and oxygen atoms in total. The predicted octanol–water partition coefficient (Wildman–Crippen LogP) is 5.72. The predicted molar refractivity (Wildman–Crippen MR) is 159 cm³/mol. The van der Waals surface area contributed by atoms with Gasteiger partial charge in [0.15, 0.2) is 0 Å². The van der Waals surface area contributed by atoms with Gasteiger partial charge in [-0.25, -0.2) is 13.8 Å². The second-order valence-electron chi connectivity index (χ2n) is 9.43. The summed E-state index contributed by atoms with van der Waals surface area (Å²) in [5, 5.41) is 4.33. The lowest BCUT2D eigenvalue weighted by atomic mass is 10.2. The Kier molecular flexibility index (Phi) is 8.66. The van der Waals surface area contributed by atoms with Crippen LogP contribution in [0.15, 0.2) is 82.8 Å². The maximum atomic E-state index is 13.6. The quantitative estimate of drug-likeness (QED) is 0.203. The number of nitrogens with zero attached hydrogens (tertiary/aromatic N) is 3. The molecule has 0 atom stereocenters. The Morgan fingerprint density at radius 1 is 0.975 bits per heavy atom. The van der Waals surface area contributed by atoms with Crippen molar-refractivity contribution in [2.24, 2.45) is 5.10 Å². The molecule has 0 radical (unpaired) electrons. The van der Waals surface area contributed by atoms with Gasteiger partial charge in [-0.2, -0.15) is 5.10 Å². The lowest BCUT2D eigenvalue weighted by molar-refractivity contribution is -0.119. The third-order valence-corrected chi connectivity index (χ3v) is 8.56. The number of benzene rings is 3. The summed E-state index contributed by atoms with van der Waals surface area (Å²) in [6.07, 6.45) is 1.55. The van der Waals surface area contributed by atoms with Crippen LogP contribution in [0.4, 0.5) is 5.69 Å². The van der Waals surface area contributed by atoms with Gasteiger partial charge < -0.3 is 9.30 Å². The van der Waals surface area contributed by atoms with Crippen LogP contribution < -0.4 is 14.5 Å². The molecule has 40 heavy (non-hydrogen) atoms. The first-order valence-corrected chi connectivity index (χ1v) is 14.3. The Labute approximate surface area is 239 Å². The third kappa shape index (κ3) is 6.21. The molecule has 0 unspecified atom stereocenters. The highest BCUT2D eigenvalue weighted by molar-refractivity contribution is 7.92. The van der Waals surface area contributed by atoms with Crippen LogP contribution in [-0.4, -0.2) is 38.8 Å². The van der Waals surface area contributed by atoms with Gasteiger partial charge in [0.25, 0.3) is 15.9 Å². The van der Waals surface area contributed by atoms with Gasteiger partial charge in [-0.05, 0) is 76.2 Å². The van der Waals surface area contributed by atoms with Gasteiger partial charge in [-0.15, -0.1) is 0 Å². The fourth-order valence-electron chi connectivity index (χ4n) is 4.31. The van der Waals surface area contributed by atoms with E-state index in [4.69, 9.17) is 16.3 Å². The van der Waals surface area contributed by atoms with Gasteiger partial charge in [0.2, 0.25) is 0 Å². The minimum Gasteiger partial charge on any atom is -0.495 e. The summed E-state index contributed by atoms with van der Waals surface area (Å²) in [5.41, 5.74) is 8.58. The summed E-state index contributed by atoms with van der Waals surface area (Å²) in [5.74, 6) is -0.235. The van der Waals surface area contributed by atoms with Gasteiger partial charge in [-0.1, -0.05) is 47.0 Å². The van der Waals surface area contributed by atoms with Crippen molar-refractivity contribution in [1.82, 2.24) is 9.99 Å². The minimum atomic E-state index is -4.10. The summed E-state index contributed by atoms with van der Waals surface area (Å²) in [7, 11) is -2.64. The minimum absolute atomic E-state index is 0.0462. The van der Waals surface area contributed by atoms with Crippen LogP contribution in [0.25, 0.3) is 5.69 Å². The number of hydrogen-bond donors (Lipinski definition) is 1. The van der Waals surface area contributed by atoms with E-state index in [0.29, 0.717) is 5.75 Å². The SMILES string of the molecule is COc1ccc(N(CC(=O)N/N=C\c2cc(C)n(-c3ccc(C)cc3)c2C)S(=O)(=O)c2ccc(C)cc2)cc1Cl. The van der Waals surface area contributed by atoms with E-state index in [0.717, 1.165) is 32.5 Å². The number of rotatable bonds is 9. The van der Waals surface area contributed by atoms with Gasteiger partial charge in [0.1, 0.15) is 12.3 Å². The number of ether oxygens (including phenoxy) is 1. The zero-order valence-electron chi connectivity index (χ0n) is 23.0. The topological polar surface area (TPSA) is 93.0 Å². The number of halogens is 1. The summed E-state index contributed by atoms with van der Waals surface area (Å²) in [6, 6.07) is 21.1. The second-order valence-corrected chi connectivity index (χ2v) is 11.7.